The van der Waals surface area contributed by atoms with E-state index in [2.05, 4.69) is 32.3 Å². The summed E-state index contributed by atoms with van der Waals surface area (Å²) in [6.07, 6.45) is 1.49. The highest BCUT2D eigenvalue weighted by atomic mass is 79.9. The molecule has 0 atom stereocenters. The number of thiazole rings is 1. The molecule has 0 radical (unpaired) electrons. The minimum absolute atomic E-state index is 0.330. The molecule has 3 nitrogen and oxygen atoms in total. The molecule has 0 bridgehead atoms. The number of nitriles is 1. The molecule has 25 heavy (non-hydrogen) atoms. The van der Waals surface area contributed by atoms with Crippen LogP contribution in [0.3, 0.4) is 0 Å². The minimum atomic E-state index is -0.367. The molecular weight excluding hydrogens is 401 g/mol. The maximum Gasteiger partial charge on any atom is 0.146 e. The predicted molar refractivity (Wildman–Crippen MR) is 104 cm³/mol. The number of halogens is 2. The van der Waals surface area contributed by atoms with Crippen molar-refractivity contribution in [2.75, 3.05) is 5.32 Å². The third-order valence-corrected chi connectivity index (χ3v) is 4.84. The summed E-state index contributed by atoms with van der Waals surface area (Å²) in [4.78, 5) is 4.52. The van der Waals surface area contributed by atoms with Crippen molar-refractivity contribution < 1.29 is 4.39 Å². The Labute approximate surface area is 157 Å². The quantitative estimate of drug-likeness (QED) is 0.533. The van der Waals surface area contributed by atoms with E-state index in [0.717, 1.165) is 21.3 Å². The number of hydrogen-bond acceptors (Lipinski definition) is 4. The Kier molecular flexibility index (Phi) is 5.27. The van der Waals surface area contributed by atoms with Gasteiger partial charge >= 0.3 is 0 Å². The van der Waals surface area contributed by atoms with Crippen LogP contribution in [0.15, 0.2) is 58.5 Å². The van der Waals surface area contributed by atoms with E-state index in [-0.39, 0.29) is 5.82 Å². The number of rotatable bonds is 4. The standard InChI is InChI=1S/C19H13BrFN3S/c1-12-5-6-16(21)17(7-12)23-10-14(9-22)19-24-18(11-25-19)13-3-2-4-15(20)8-13/h2-8,10-11,23H,1H3/b14-10+. The Balaban J connectivity index is 1.87. The van der Waals surface area contributed by atoms with Gasteiger partial charge in [0.15, 0.2) is 0 Å². The van der Waals surface area contributed by atoms with Gasteiger partial charge in [-0.1, -0.05) is 34.1 Å². The van der Waals surface area contributed by atoms with Gasteiger partial charge in [-0.05, 0) is 36.8 Å². The van der Waals surface area contributed by atoms with Crippen molar-refractivity contribution >= 4 is 38.5 Å². The lowest BCUT2D eigenvalue weighted by molar-refractivity contribution is 0.631. The summed E-state index contributed by atoms with van der Waals surface area (Å²) in [6, 6.07) is 14.7. The van der Waals surface area contributed by atoms with Gasteiger partial charge in [0.05, 0.1) is 11.4 Å². The molecule has 0 unspecified atom stereocenters. The Bertz CT molecular complexity index is 988. The van der Waals surface area contributed by atoms with Gasteiger partial charge in [-0.3, -0.25) is 0 Å². The van der Waals surface area contributed by atoms with E-state index in [9.17, 15) is 9.65 Å². The number of nitrogens with one attached hydrogen (secondary N) is 1. The molecule has 0 spiro atoms. The summed E-state index contributed by atoms with van der Waals surface area (Å²) in [5, 5.41) is 14.8. The number of aryl methyl sites for hydroxylation is 1. The maximum atomic E-state index is 13.8. The average Bonchev–Trinajstić information content (AvgIpc) is 3.08. The van der Waals surface area contributed by atoms with Gasteiger partial charge in [0.2, 0.25) is 0 Å². The van der Waals surface area contributed by atoms with E-state index >= 15 is 0 Å². The van der Waals surface area contributed by atoms with Crippen molar-refractivity contribution in [1.82, 2.24) is 4.98 Å². The smallest absolute Gasteiger partial charge is 0.146 e. The Morgan fingerprint density at radius 1 is 1.32 bits per heavy atom. The van der Waals surface area contributed by atoms with Crippen LogP contribution in [-0.2, 0) is 0 Å². The Morgan fingerprint density at radius 2 is 2.16 bits per heavy atom. The Morgan fingerprint density at radius 3 is 2.92 bits per heavy atom. The number of nitrogens with zero attached hydrogens (tertiary/aromatic N) is 2. The zero-order valence-electron chi connectivity index (χ0n) is 13.3. The van der Waals surface area contributed by atoms with Crippen LogP contribution in [0.25, 0.3) is 16.8 Å². The van der Waals surface area contributed by atoms with Gasteiger partial charge in [0.1, 0.15) is 22.5 Å². The van der Waals surface area contributed by atoms with E-state index in [1.807, 2.05) is 36.6 Å². The number of aromatic nitrogens is 1. The molecule has 6 heteroatoms. The monoisotopic (exact) mass is 413 g/mol. The summed E-state index contributed by atoms with van der Waals surface area (Å²) < 4.78 is 14.8. The van der Waals surface area contributed by atoms with Crippen molar-refractivity contribution in [2.24, 2.45) is 0 Å². The molecule has 1 N–H and O–H groups in total. The lowest BCUT2D eigenvalue weighted by Gasteiger charge is -2.04. The summed E-state index contributed by atoms with van der Waals surface area (Å²) in [5.41, 5.74) is 3.38. The van der Waals surface area contributed by atoms with Crippen LogP contribution in [0.5, 0.6) is 0 Å². The van der Waals surface area contributed by atoms with Crippen LogP contribution < -0.4 is 5.32 Å². The maximum absolute atomic E-state index is 13.8. The van der Waals surface area contributed by atoms with Crippen molar-refractivity contribution in [2.45, 2.75) is 6.92 Å². The van der Waals surface area contributed by atoms with Crippen molar-refractivity contribution in [3.05, 3.63) is 74.9 Å². The molecule has 1 heterocycles. The molecule has 0 saturated carbocycles. The molecule has 0 aliphatic heterocycles. The first-order chi connectivity index (χ1) is 12.1. The first-order valence-corrected chi connectivity index (χ1v) is 9.09. The first-order valence-electron chi connectivity index (χ1n) is 7.41. The van der Waals surface area contributed by atoms with Crippen molar-refractivity contribution in [3.63, 3.8) is 0 Å². The summed E-state index contributed by atoms with van der Waals surface area (Å²) in [7, 11) is 0. The summed E-state index contributed by atoms with van der Waals surface area (Å²) in [6.45, 7) is 1.88. The average molecular weight is 414 g/mol. The highest BCUT2D eigenvalue weighted by molar-refractivity contribution is 9.10. The third kappa shape index (κ3) is 4.13. The van der Waals surface area contributed by atoms with E-state index < -0.39 is 0 Å². The van der Waals surface area contributed by atoms with Gasteiger partial charge in [-0.15, -0.1) is 11.3 Å². The molecule has 2 aromatic carbocycles. The minimum Gasteiger partial charge on any atom is -0.358 e. The van der Waals surface area contributed by atoms with Gasteiger partial charge in [0.25, 0.3) is 0 Å². The number of hydrogen-bond donors (Lipinski definition) is 1. The second-order valence-electron chi connectivity index (χ2n) is 5.35. The van der Waals surface area contributed by atoms with Crippen LogP contribution in [0.2, 0.25) is 0 Å². The topological polar surface area (TPSA) is 48.7 Å². The molecule has 1 aromatic heterocycles. The zero-order valence-corrected chi connectivity index (χ0v) is 15.7. The molecule has 124 valence electrons. The fourth-order valence-electron chi connectivity index (χ4n) is 2.22. The summed E-state index contributed by atoms with van der Waals surface area (Å²) in [5.74, 6) is -0.367. The number of benzene rings is 2. The van der Waals surface area contributed by atoms with E-state index in [1.54, 1.807) is 12.1 Å². The third-order valence-electron chi connectivity index (χ3n) is 3.47. The van der Waals surface area contributed by atoms with Gasteiger partial charge in [0, 0.05) is 21.6 Å². The molecular formula is C19H13BrFN3S. The first kappa shape index (κ1) is 17.3. The number of allylic oxidation sites excluding steroid dienone is 1. The van der Waals surface area contributed by atoms with Crippen LogP contribution in [0.4, 0.5) is 10.1 Å². The Hall–Kier alpha value is -2.49. The van der Waals surface area contributed by atoms with Crippen LogP contribution in [-0.4, -0.2) is 4.98 Å². The van der Waals surface area contributed by atoms with Crippen LogP contribution in [0, 0.1) is 24.1 Å². The lowest BCUT2D eigenvalue weighted by Crippen LogP contribution is -1.94. The largest absolute Gasteiger partial charge is 0.358 e. The van der Waals surface area contributed by atoms with Gasteiger partial charge in [-0.25, -0.2) is 9.37 Å². The highest BCUT2D eigenvalue weighted by Gasteiger charge is 2.10. The predicted octanol–water partition coefficient (Wildman–Crippen LogP) is 6.00. The molecule has 0 fully saturated rings. The van der Waals surface area contributed by atoms with Crippen molar-refractivity contribution in [3.8, 4) is 17.3 Å². The SMILES string of the molecule is Cc1ccc(F)c(N/C=C(\C#N)c2nc(-c3cccc(Br)c3)cs2)c1. The molecule has 3 aromatic rings. The van der Waals surface area contributed by atoms with Gasteiger partial charge in [-0.2, -0.15) is 5.26 Å². The fourth-order valence-corrected chi connectivity index (χ4v) is 3.41. The fraction of sp³-hybridized carbons (Fsp3) is 0.0526. The normalized spacial score (nSPS) is 11.2. The van der Waals surface area contributed by atoms with E-state index in [4.69, 9.17) is 0 Å². The van der Waals surface area contributed by atoms with Gasteiger partial charge < -0.3 is 5.32 Å². The van der Waals surface area contributed by atoms with E-state index in [1.165, 1.54) is 23.6 Å². The second-order valence-corrected chi connectivity index (χ2v) is 7.12. The molecule has 0 aliphatic carbocycles. The summed E-state index contributed by atoms with van der Waals surface area (Å²) >= 11 is 4.81. The zero-order chi connectivity index (χ0) is 17.8. The highest BCUT2D eigenvalue weighted by Crippen LogP contribution is 2.28. The molecule has 0 aliphatic rings. The lowest BCUT2D eigenvalue weighted by atomic mass is 10.2. The second kappa shape index (κ2) is 7.60. The number of anilines is 1. The molecule has 0 amide bonds. The van der Waals surface area contributed by atoms with Crippen molar-refractivity contribution in [1.29, 1.82) is 5.26 Å². The van der Waals surface area contributed by atoms with Crippen LogP contribution in [0.1, 0.15) is 10.6 Å². The van der Waals surface area contributed by atoms with Crippen LogP contribution >= 0.6 is 27.3 Å². The molecule has 3 rings (SSSR count). The molecule has 0 saturated heterocycles. The van der Waals surface area contributed by atoms with E-state index in [0.29, 0.717) is 16.3 Å².